The second kappa shape index (κ2) is 6.23. The number of amides is 2. The molecule has 0 aromatic carbocycles. The van der Waals surface area contributed by atoms with Crippen LogP contribution in [0.4, 0.5) is 0 Å². The van der Waals surface area contributed by atoms with Gasteiger partial charge in [0.15, 0.2) is 5.76 Å². The Hall–Kier alpha value is -1.78. The molecule has 2 N–H and O–H groups in total. The summed E-state index contributed by atoms with van der Waals surface area (Å²) >= 11 is 0. The van der Waals surface area contributed by atoms with Gasteiger partial charge in [0.05, 0.1) is 6.26 Å². The van der Waals surface area contributed by atoms with Crippen molar-refractivity contribution in [1.29, 1.82) is 0 Å². The lowest BCUT2D eigenvalue weighted by Gasteiger charge is -2.04. The third kappa shape index (κ3) is 4.24. The molecular weight excluding hydrogens is 232 g/mol. The van der Waals surface area contributed by atoms with E-state index in [4.69, 9.17) is 4.42 Å². The monoisotopic (exact) mass is 250 g/mol. The Kier molecular flexibility index (Phi) is 4.39. The van der Waals surface area contributed by atoms with Crippen LogP contribution in [0.15, 0.2) is 22.8 Å². The molecule has 1 aliphatic carbocycles. The van der Waals surface area contributed by atoms with Crippen molar-refractivity contribution in [1.82, 2.24) is 10.6 Å². The molecule has 1 heterocycles. The third-order valence-electron chi connectivity index (χ3n) is 2.90. The Morgan fingerprint density at radius 1 is 1.33 bits per heavy atom. The van der Waals surface area contributed by atoms with Crippen LogP contribution >= 0.6 is 0 Å². The molecule has 1 aromatic rings. The summed E-state index contributed by atoms with van der Waals surface area (Å²) in [6.45, 7) is 1.29. The summed E-state index contributed by atoms with van der Waals surface area (Å²) in [4.78, 5) is 22.9. The van der Waals surface area contributed by atoms with Crippen LogP contribution in [-0.2, 0) is 4.79 Å². The van der Waals surface area contributed by atoms with Gasteiger partial charge in [0, 0.05) is 19.5 Å². The van der Waals surface area contributed by atoms with Gasteiger partial charge in [-0.2, -0.15) is 0 Å². The third-order valence-corrected chi connectivity index (χ3v) is 2.90. The zero-order valence-electron chi connectivity index (χ0n) is 10.3. The Bertz CT molecular complexity index is 396. The molecule has 0 atom stereocenters. The molecule has 5 nitrogen and oxygen atoms in total. The van der Waals surface area contributed by atoms with Crippen molar-refractivity contribution in [2.24, 2.45) is 5.92 Å². The lowest BCUT2D eigenvalue weighted by molar-refractivity contribution is -0.121. The van der Waals surface area contributed by atoms with E-state index in [2.05, 4.69) is 10.6 Å². The molecule has 18 heavy (non-hydrogen) atoms. The number of hydrogen-bond acceptors (Lipinski definition) is 3. The summed E-state index contributed by atoms with van der Waals surface area (Å²) in [7, 11) is 0. The molecule has 1 fully saturated rings. The van der Waals surface area contributed by atoms with Gasteiger partial charge in [0.25, 0.3) is 5.91 Å². The first-order chi connectivity index (χ1) is 8.75. The fourth-order valence-electron chi connectivity index (χ4n) is 1.61. The molecule has 2 amide bonds. The highest BCUT2D eigenvalue weighted by Crippen LogP contribution is 2.27. The Morgan fingerprint density at radius 3 is 2.83 bits per heavy atom. The van der Waals surface area contributed by atoms with E-state index < -0.39 is 0 Å². The zero-order valence-corrected chi connectivity index (χ0v) is 10.3. The highest BCUT2D eigenvalue weighted by Gasteiger charge is 2.21. The first-order valence-electron chi connectivity index (χ1n) is 6.34. The Labute approximate surface area is 106 Å². The van der Waals surface area contributed by atoms with Crippen LogP contribution in [0.25, 0.3) is 0 Å². The lowest BCUT2D eigenvalue weighted by Crippen LogP contribution is -2.28. The van der Waals surface area contributed by atoms with Gasteiger partial charge in [-0.25, -0.2) is 0 Å². The average molecular weight is 250 g/mol. The maximum atomic E-state index is 11.5. The van der Waals surface area contributed by atoms with E-state index in [0.29, 0.717) is 31.1 Å². The number of rotatable bonds is 7. The predicted molar refractivity (Wildman–Crippen MR) is 66.0 cm³/mol. The molecule has 1 aliphatic rings. The van der Waals surface area contributed by atoms with Crippen molar-refractivity contribution in [3.63, 3.8) is 0 Å². The molecule has 0 aliphatic heterocycles. The maximum absolute atomic E-state index is 11.5. The molecule has 0 radical (unpaired) electrons. The van der Waals surface area contributed by atoms with Gasteiger partial charge in [-0.3, -0.25) is 9.59 Å². The molecule has 0 spiro atoms. The molecule has 98 valence electrons. The number of carbonyl (C=O) groups is 2. The zero-order chi connectivity index (χ0) is 12.8. The van der Waals surface area contributed by atoms with Crippen LogP contribution in [0.1, 0.15) is 36.2 Å². The first-order valence-corrected chi connectivity index (χ1v) is 6.34. The highest BCUT2D eigenvalue weighted by atomic mass is 16.3. The van der Waals surface area contributed by atoms with Crippen molar-refractivity contribution < 1.29 is 14.0 Å². The van der Waals surface area contributed by atoms with E-state index in [1.54, 1.807) is 12.1 Å². The topological polar surface area (TPSA) is 71.3 Å². The van der Waals surface area contributed by atoms with Crippen molar-refractivity contribution in [2.45, 2.75) is 25.7 Å². The van der Waals surface area contributed by atoms with Gasteiger partial charge in [-0.1, -0.05) is 0 Å². The van der Waals surface area contributed by atoms with E-state index in [1.807, 2.05) is 0 Å². The van der Waals surface area contributed by atoms with Gasteiger partial charge >= 0.3 is 0 Å². The van der Waals surface area contributed by atoms with Gasteiger partial charge < -0.3 is 15.1 Å². The van der Waals surface area contributed by atoms with Crippen molar-refractivity contribution in [2.75, 3.05) is 13.1 Å². The van der Waals surface area contributed by atoms with Gasteiger partial charge in [0.2, 0.25) is 5.91 Å². The molecule has 1 saturated carbocycles. The summed E-state index contributed by atoms with van der Waals surface area (Å²) in [6.07, 6.45) is 5.02. The molecule has 0 saturated heterocycles. The fourth-order valence-corrected chi connectivity index (χ4v) is 1.61. The van der Waals surface area contributed by atoms with Crippen molar-refractivity contribution in [3.8, 4) is 0 Å². The summed E-state index contributed by atoms with van der Waals surface area (Å²) < 4.78 is 4.95. The second-order valence-corrected chi connectivity index (χ2v) is 4.58. The standard InChI is InChI=1S/C13H18N2O3/c16-12(15-9-10-5-6-10)4-1-7-14-13(17)11-3-2-8-18-11/h2-3,8,10H,1,4-7,9H2,(H,14,17)(H,15,16). The summed E-state index contributed by atoms with van der Waals surface area (Å²) in [5, 5.41) is 5.60. The fraction of sp³-hybridized carbons (Fsp3) is 0.538. The van der Waals surface area contributed by atoms with Crippen LogP contribution in [-0.4, -0.2) is 24.9 Å². The smallest absolute Gasteiger partial charge is 0.286 e. The highest BCUT2D eigenvalue weighted by molar-refractivity contribution is 5.91. The van der Waals surface area contributed by atoms with E-state index in [-0.39, 0.29) is 11.8 Å². The minimum Gasteiger partial charge on any atom is -0.459 e. The average Bonchev–Trinajstić information content (AvgIpc) is 3.03. The second-order valence-electron chi connectivity index (χ2n) is 4.58. The van der Waals surface area contributed by atoms with E-state index >= 15 is 0 Å². The minimum absolute atomic E-state index is 0.0640. The lowest BCUT2D eigenvalue weighted by atomic mass is 10.3. The first kappa shape index (κ1) is 12.7. The predicted octanol–water partition coefficient (Wildman–Crippen LogP) is 1.32. The van der Waals surface area contributed by atoms with E-state index in [0.717, 1.165) is 6.54 Å². The largest absolute Gasteiger partial charge is 0.459 e. The number of furan rings is 1. The molecule has 1 aromatic heterocycles. The van der Waals surface area contributed by atoms with Crippen LogP contribution in [0.5, 0.6) is 0 Å². The van der Waals surface area contributed by atoms with Gasteiger partial charge in [-0.15, -0.1) is 0 Å². The normalized spacial score (nSPS) is 14.2. The Morgan fingerprint density at radius 2 is 2.17 bits per heavy atom. The number of hydrogen-bond donors (Lipinski definition) is 2. The molecule has 2 rings (SSSR count). The minimum atomic E-state index is -0.238. The summed E-state index contributed by atoms with van der Waals surface area (Å²) in [5.41, 5.74) is 0. The summed E-state index contributed by atoms with van der Waals surface area (Å²) in [5.74, 6) is 0.827. The molecule has 0 unspecified atom stereocenters. The van der Waals surface area contributed by atoms with Crippen LogP contribution < -0.4 is 10.6 Å². The van der Waals surface area contributed by atoms with E-state index in [1.165, 1.54) is 19.1 Å². The van der Waals surface area contributed by atoms with Crippen molar-refractivity contribution in [3.05, 3.63) is 24.2 Å². The maximum Gasteiger partial charge on any atom is 0.286 e. The van der Waals surface area contributed by atoms with Crippen LogP contribution in [0.3, 0.4) is 0 Å². The number of carbonyl (C=O) groups excluding carboxylic acids is 2. The van der Waals surface area contributed by atoms with Gasteiger partial charge in [0.1, 0.15) is 0 Å². The Balaban J connectivity index is 1.52. The van der Waals surface area contributed by atoms with Crippen LogP contribution in [0, 0.1) is 5.92 Å². The summed E-state index contributed by atoms with van der Waals surface area (Å²) in [6, 6.07) is 3.28. The molecular formula is C13H18N2O3. The SMILES string of the molecule is O=C(CCCNC(=O)c1ccco1)NCC1CC1. The molecule has 0 bridgehead atoms. The quantitative estimate of drug-likeness (QED) is 0.717. The van der Waals surface area contributed by atoms with E-state index in [9.17, 15) is 9.59 Å². The van der Waals surface area contributed by atoms with Crippen LogP contribution in [0.2, 0.25) is 0 Å². The van der Waals surface area contributed by atoms with Gasteiger partial charge in [-0.05, 0) is 37.3 Å². The van der Waals surface area contributed by atoms with Crippen molar-refractivity contribution >= 4 is 11.8 Å². The molecule has 5 heteroatoms. The number of nitrogens with one attached hydrogen (secondary N) is 2.